The third kappa shape index (κ3) is 6.38. The van der Waals surface area contributed by atoms with Gasteiger partial charge in [-0.1, -0.05) is 6.07 Å². The van der Waals surface area contributed by atoms with Crippen molar-refractivity contribution in [2.75, 3.05) is 6.54 Å². The molecule has 1 heterocycles. The van der Waals surface area contributed by atoms with E-state index in [1.807, 2.05) is 0 Å². The molecule has 2 aromatic rings. The number of amides is 2. The molecule has 1 aliphatic carbocycles. The summed E-state index contributed by atoms with van der Waals surface area (Å²) in [6, 6.07) is 3.46. The predicted molar refractivity (Wildman–Crippen MR) is 105 cm³/mol. The Kier molecular flexibility index (Phi) is 8.48. The lowest BCUT2D eigenvalue weighted by Gasteiger charge is -2.17. The minimum absolute atomic E-state index is 0.146. The molecule has 0 saturated heterocycles. The van der Waals surface area contributed by atoms with Crippen LogP contribution in [0.15, 0.2) is 30.7 Å². The summed E-state index contributed by atoms with van der Waals surface area (Å²) in [5.74, 6) is -1.46. The van der Waals surface area contributed by atoms with Gasteiger partial charge in [0.2, 0.25) is 5.91 Å². The lowest BCUT2D eigenvalue weighted by atomic mass is 10.1. The van der Waals surface area contributed by atoms with Gasteiger partial charge in [-0.3, -0.25) is 14.4 Å². The molecule has 0 radical (unpaired) electrons. The fraction of sp³-hybridized carbons (Fsp3) is 0.400. The predicted octanol–water partition coefficient (Wildman–Crippen LogP) is 0.786. The highest BCUT2D eigenvalue weighted by molar-refractivity contribution is 5.96. The van der Waals surface area contributed by atoms with Crippen molar-refractivity contribution in [2.24, 2.45) is 5.92 Å². The smallest absolute Gasteiger partial charge is 0.290 e. The van der Waals surface area contributed by atoms with Crippen molar-refractivity contribution in [2.45, 2.75) is 38.3 Å². The van der Waals surface area contributed by atoms with Gasteiger partial charge >= 0.3 is 0 Å². The van der Waals surface area contributed by atoms with Crippen LogP contribution in [-0.2, 0) is 16.0 Å². The number of aryl methyl sites for hydroxylation is 1. The first-order valence-corrected chi connectivity index (χ1v) is 9.43. The summed E-state index contributed by atoms with van der Waals surface area (Å²) < 4.78 is 13.4. The lowest BCUT2D eigenvalue weighted by Crippen LogP contribution is -2.40. The Hall–Kier alpha value is -3.27. The molecule has 5 N–H and O–H groups in total. The van der Waals surface area contributed by atoms with E-state index in [-0.39, 0.29) is 30.3 Å². The molecule has 3 atom stereocenters. The quantitative estimate of drug-likeness (QED) is 0.437. The summed E-state index contributed by atoms with van der Waals surface area (Å²) in [6.45, 7) is 1.93. The second-order valence-corrected chi connectivity index (χ2v) is 7.00. The van der Waals surface area contributed by atoms with Gasteiger partial charge in [-0.25, -0.2) is 9.37 Å². The highest BCUT2D eigenvalue weighted by Crippen LogP contribution is 2.27. The molecule has 30 heavy (non-hydrogen) atoms. The van der Waals surface area contributed by atoms with Gasteiger partial charge in [-0.05, 0) is 37.5 Å². The van der Waals surface area contributed by atoms with E-state index in [0.29, 0.717) is 24.9 Å². The van der Waals surface area contributed by atoms with E-state index < -0.39 is 23.9 Å². The average Bonchev–Trinajstić information content (AvgIpc) is 3.34. The lowest BCUT2D eigenvalue weighted by molar-refractivity contribution is -0.125. The molecule has 2 amide bonds. The van der Waals surface area contributed by atoms with Gasteiger partial charge in [0.1, 0.15) is 5.82 Å². The van der Waals surface area contributed by atoms with Crippen LogP contribution in [0.5, 0.6) is 0 Å². The van der Waals surface area contributed by atoms with E-state index in [1.54, 1.807) is 19.4 Å². The molecule has 0 bridgehead atoms. The molecule has 1 fully saturated rings. The van der Waals surface area contributed by atoms with Crippen LogP contribution in [0, 0.1) is 18.7 Å². The van der Waals surface area contributed by atoms with E-state index >= 15 is 0 Å². The second-order valence-electron chi connectivity index (χ2n) is 7.00. The number of halogens is 1. The molecular formula is C20H25FN4O5. The number of benzene rings is 1. The number of hydrogen-bond acceptors (Lipinski definition) is 5. The number of aromatic nitrogens is 2. The fourth-order valence-corrected chi connectivity index (χ4v) is 3.36. The SMILES string of the molecule is Cc1ccc(F)cc1C(=O)N[C@@H]1C[C@H](C(=O)NCCc2cnc[nH]2)C[C@H]1O.O=CO. The number of rotatable bonds is 6. The first-order valence-electron chi connectivity index (χ1n) is 9.43. The number of aliphatic hydroxyl groups excluding tert-OH is 1. The van der Waals surface area contributed by atoms with Gasteiger partial charge in [0.05, 0.1) is 18.5 Å². The zero-order chi connectivity index (χ0) is 22.1. The Balaban J connectivity index is 0.00000101. The molecule has 3 rings (SSSR count). The van der Waals surface area contributed by atoms with Crippen LogP contribution in [0.3, 0.4) is 0 Å². The second kappa shape index (κ2) is 11.1. The summed E-state index contributed by atoms with van der Waals surface area (Å²) in [7, 11) is 0. The number of carbonyl (C=O) groups is 3. The van der Waals surface area contributed by atoms with Gasteiger partial charge < -0.3 is 25.8 Å². The summed E-state index contributed by atoms with van der Waals surface area (Å²) in [5, 5.41) is 22.7. The maximum Gasteiger partial charge on any atom is 0.290 e. The Bertz CT molecular complexity index is 859. The van der Waals surface area contributed by atoms with Gasteiger partial charge in [0, 0.05) is 36.3 Å². The van der Waals surface area contributed by atoms with Crippen LogP contribution in [0.25, 0.3) is 0 Å². The van der Waals surface area contributed by atoms with E-state index in [1.165, 1.54) is 18.2 Å². The fourth-order valence-electron chi connectivity index (χ4n) is 3.36. The number of nitrogens with one attached hydrogen (secondary N) is 3. The zero-order valence-corrected chi connectivity index (χ0v) is 16.5. The number of carboxylic acid groups (broad SMARTS) is 1. The van der Waals surface area contributed by atoms with E-state index in [2.05, 4.69) is 20.6 Å². The number of nitrogens with zero attached hydrogens (tertiary/aromatic N) is 1. The average molecular weight is 420 g/mol. The molecule has 0 unspecified atom stereocenters. The molecular weight excluding hydrogens is 395 g/mol. The number of aliphatic hydroxyl groups is 1. The first-order chi connectivity index (χ1) is 14.3. The van der Waals surface area contributed by atoms with Gasteiger partial charge in [-0.2, -0.15) is 0 Å². The van der Waals surface area contributed by atoms with Crippen LogP contribution in [0.2, 0.25) is 0 Å². The minimum atomic E-state index is -0.814. The molecule has 1 aromatic heterocycles. The van der Waals surface area contributed by atoms with Gasteiger partial charge in [-0.15, -0.1) is 0 Å². The van der Waals surface area contributed by atoms with Crippen molar-refractivity contribution in [3.05, 3.63) is 53.4 Å². The molecule has 0 aliphatic heterocycles. The summed E-state index contributed by atoms with van der Waals surface area (Å²) >= 11 is 0. The van der Waals surface area contributed by atoms with E-state index in [0.717, 1.165) is 5.69 Å². The number of carbonyl (C=O) groups excluding carboxylic acids is 2. The van der Waals surface area contributed by atoms with Crippen molar-refractivity contribution >= 4 is 18.3 Å². The summed E-state index contributed by atoms with van der Waals surface area (Å²) in [6.07, 6.45) is 3.73. The zero-order valence-electron chi connectivity index (χ0n) is 16.5. The third-order valence-electron chi connectivity index (χ3n) is 4.91. The van der Waals surface area contributed by atoms with Gasteiger partial charge in [0.25, 0.3) is 12.4 Å². The van der Waals surface area contributed by atoms with Crippen LogP contribution in [0.4, 0.5) is 4.39 Å². The summed E-state index contributed by atoms with van der Waals surface area (Å²) in [4.78, 5) is 40.0. The minimum Gasteiger partial charge on any atom is -0.483 e. The van der Waals surface area contributed by atoms with Crippen LogP contribution >= 0.6 is 0 Å². The standard InChI is InChI=1S/C19H23FN4O3.CH2O2/c1-11-2-3-13(20)8-15(11)19(27)24-16-6-12(7-17(16)25)18(26)22-5-4-14-9-21-10-23-14;2-1-3/h2-3,8-10,12,16-17,25H,4-7H2,1H3,(H,21,23)(H,22,26)(H,24,27);1H,(H,2,3)/t12-,16+,17+;/m0./s1. The Morgan fingerprint density at radius 1 is 1.37 bits per heavy atom. The molecule has 162 valence electrons. The maximum atomic E-state index is 13.4. The number of imidazole rings is 1. The van der Waals surface area contributed by atoms with E-state index in [4.69, 9.17) is 9.90 Å². The molecule has 0 spiro atoms. The molecule has 1 aromatic carbocycles. The highest BCUT2D eigenvalue weighted by atomic mass is 19.1. The van der Waals surface area contributed by atoms with Crippen LogP contribution in [0.1, 0.15) is 34.5 Å². The van der Waals surface area contributed by atoms with Crippen molar-refractivity contribution in [1.29, 1.82) is 0 Å². The third-order valence-corrected chi connectivity index (χ3v) is 4.91. The normalized spacial score (nSPS) is 20.0. The van der Waals surface area contributed by atoms with Crippen molar-refractivity contribution in [1.82, 2.24) is 20.6 Å². The molecule has 10 heteroatoms. The first kappa shape index (κ1) is 23.0. The molecule has 1 aliphatic rings. The number of hydrogen-bond donors (Lipinski definition) is 5. The largest absolute Gasteiger partial charge is 0.483 e. The van der Waals surface area contributed by atoms with Crippen LogP contribution in [-0.4, -0.2) is 57.2 Å². The summed E-state index contributed by atoms with van der Waals surface area (Å²) in [5.41, 5.74) is 1.81. The van der Waals surface area contributed by atoms with Crippen molar-refractivity contribution < 1.29 is 29.0 Å². The molecule has 9 nitrogen and oxygen atoms in total. The Morgan fingerprint density at radius 2 is 2.10 bits per heavy atom. The van der Waals surface area contributed by atoms with Crippen molar-refractivity contribution in [3.8, 4) is 0 Å². The van der Waals surface area contributed by atoms with E-state index in [9.17, 15) is 19.1 Å². The van der Waals surface area contributed by atoms with Gasteiger partial charge in [0.15, 0.2) is 0 Å². The Morgan fingerprint density at radius 3 is 2.77 bits per heavy atom. The monoisotopic (exact) mass is 420 g/mol. The topological polar surface area (TPSA) is 144 Å². The number of H-pyrrole nitrogens is 1. The maximum absolute atomic E-state index is 13.4. The van der Waals surface area contributed by atoms with Crippen LogP contribution < -0.4 is 10.6 Å². The Labute approximate surface area is 172 Å². The van der Waals surface area contributed by atoms with Crippen molar-refractivity contribution in [3.63, 3.8) is 0 Å². The molecule has 1 saturated carbocycles. The number of aromatic amines is 1. The highest BCUT2D eigenvalue weighted by Gasteiger charge is 2.37.